The van der Waals surface area contributed by atoms with Crippen LogP contribution in [0.1, 0.15) is 19.8 Å². The minimum Gasteiger partial charge on any atom is -0.302 e. The highest BCUT2D eigenvalue weighted by atomic mass is 16.2. The van der Waals surface area contributed by atoms with Crippen molar-refractivity contribution in [3.05, 3.63) is 0 Å². The van der Waals surface area contributed by atoms with Crippen LogP contribution in [0.25, 0.3) is 0 Å². The van der Waals surface area contributed by atoms with Crippen molar-refractivity contribution in [1.82, 2.24) is 10.3 Å². The third-order valence-electron chi connectivity index (χ3n) is 1.99. The third kappa shape index (κ3) is 5.17. The van der Waals surface area contributed by atoms with Crippen molar-refractivity contribution in [2.45, 2.75) is 25.8 Å². The lowest BCUT2D eigenvalue weighted by molar-refractivity contribution is -0.121. The van der Waals surface area contributed by atoms with E-state index in [-0.39, 0.29) is 11.9 Å². The van der Waals surface area contributed by atoms with E-state index in [2.05, 4.69) is 11.5 Å². The van der Waals surface area contributed by atoms with Crippen molar-refractivity contribution in [1.29, 1.82) is 5.26 Å². The molecule has 0 spiro atoms. The maximum absolute atomic E-state index is 10.8. The van der Waals surface area contributed by atoms with Crippen molar-refractivity contribution in [2.24, 2.45) is 5.84 Å². The molecule has 0 aliphatic carbocycles. The van der Waals surface area contributed by atoms with E-state index < -0.39 is 0 Å². The number of nitriles is 1. The number of hydrazine groups is 1. The number of rotatable bonds is 5. The lowest BCUT2D eigenvalue weighted by atomic mass is 10.2. The lowest BCUT2D eigenvalue weighted by Crippen LogP contribution is -2.36. The van der Waals surface area contributed by atoms with E-state index in [1.54, 1.807) is 0 Å². The number of carbonyl (C=O) groups is 1. The van der Waals surface area contributed by atoms with Crippen LogP contribution < -0.4 is 11.3 Å². The molecule has 13 heavy (non-hydrogen) atoms. The molecule has 0 fully saturated rings. The van der Waals surface area contributed by atoms with Gasteiger partial charge >= 0.3 is 0 Å². The molecule has 0 rings (SSSR count). The van der Waals surface area contributed by atoms with Crippen molar-refractivity contribution >= 4 is 5.91 Å². The fourth-order valence-corrected chi connectivity index (χ4v) is 0.858. The summed E-state index contributed by atoms with van der Waals surface area (Å²) in [5.41, 5.74) is 2.06. The Kier molecular flexibility index (Phi) is 5.85. The molecule has 0 heterocycles. The lowest BCUT2D eigenvalue weighted by Gasteiger charge is -2.21. The van der Waals surface area contributed by atoms with Crippen molar-refractivity contribution in [3.8, 4) is 6.07 Å². The Morgan fingerprint density at radius 3 is 2.85 bits per heavy atom. The first kappa shape index (κ1) is 11.9. The number of hydrogen-bond donors (Lipinski definition) is 2. The summed E-state index contributed by atoms with van der Waals surface area (Å²) < 4.78 is 0. The maximum atomic E-state index is 10.8. The normalized spacial score (nSPS) is 12.2. The van der Waals surface area contributed by atoms with Crippen molar-refractivity contribution in [2.75, 3.05) is 13.6 Å². The van der Waals surface area contributed by atoms with E-state index in [1.807, 2.05) is 18.9 Å². The van der Waals surface area contributed by atoms with Gasteiger partial charge in [0, 0.05) is 19.0 Å². The van der Waals surface area contributed by atoms with Gasteiger partial charge in [0.25, 0.3) is 0 Å². The Morgan fingerprint density at radius 1 is 1.77 bits per heavy atom. The SMILES string of the molecule is CC(CC#N)N(C)CCC(=O)NN. The average molecular weight is 184 g/mol. The number of hydrogen-bond acceptors (Lipinski definition) is 4. The van der Waals surface area contributed by atoms with Crippen molar-refractivity contribution in [3.63, 3.8) is 0 Å². The smallest absolute Gasteiger partial charge is 0.235 e. The van der Waals surface area contributed by atoms with Gasteiger partial charge in [-0.3, -0.25) is 10.2 Å². The molecule has 0 saturated carbocycles. The summed E-state index contributed by atoms with van der Waals surface area (Å²) in [6.07, 6.45) is 0.837. The zero-order valence-corrected chi connectivity index (χ0v) is 8.08. The molecule has 1 amide bonds. The standard InChI is InChI=1S/C8H16N4O/c1-7(3-5-9)12(2)6-4-8(13)11-10/h7H,3-4,6,10H2,1-2H3,(H,11,13). The zero-order valence-electron chi connectivity index (χ0n) is 8.08. The summed E-state index contributed by atoms with van der Waals surface area (Å²) >= 11 is 0. The van der Waals surface area contributed by atoms with Crippen LogP contribution in [0.15, 0.2) is 0 Å². The van der Waals surface area contributed by atoms with Crippen LogP contribution in [0.3, 0.4) is 0 Å². The second kappa shape index (κ2) is 6.40. The van der Waals surface area contributed by atoms with E-state index >= 15 is 0 Å². The van der Waals surface area contributed by atoms with E-state index in [4.69, 9.17) is 11.1 Å². The molecule has 5 nitrogen and oxygen atoms in total. The topological polar surface area (TPSA) is 82.2 Å². The summed E-state index contributed by atoms with van der Waals surface area (Å²) in [4.78, 5) is 12.7. The predicted molar refractivity (Wildman–Crippen MR) is 49.3 cm³/mol. The number of nitrogens with zero attached hydrogens (tertiary/aromatic N) is 2. The molecule has 0 saturated heterocycles. The number of nitrogens with one attached hydrogen (secondary N) is 1. The van der Waals surface area contributed by atoms with Gasteiger partial charge in [-0.05, 0) is 14.0 Å². The van der Waals surface area contributed by atoms with Crippen LogP contribution in [0.2, 0.25) is 0 Å². The monoisotopic (exact) mass is 184 g/mol. The molecule has 0 bridgehead atoms. The van der Waals surface area contributed by atoms with Gasteiger partial charge < -0.3 is 4.90 Å². The molecule has 0 aliphatic heterocycles. The molecule has 5 heteroatoms. The van der Waals surface area contributed by atoms with E-state index in [0.717, 1.165) is 0 Å². The molecule has 1 atom stereocenters. The minimum atomic E-state index is -0.184. The molecule has 3 N–H and O–H groups in total. The molecule has 0 aromatic carbocycles. The van der Waals surface area contributed by atoms with Gasteiger partial charge in [-0.1, -0.05) is 0 Å². The highest BCUT2D eigenvalue weighted by Gasteiger charge is 2.09. The first-order valence-corrected chi connectivity index (χ1v) is 4.18. The van der Waals surface area contributed by atoms with Crippen LogP contribution in [-0.2, 0) is 4.79 Å². The summed E-state index contributed by atoms with van der Waals surface area (Å²) in [6.45, 7) is 2.56. The number of nitrogens with two attached hydrogens (primary N) is 1. The molecule has 0 aliphatic rings. The first-order valence-electron chi connectivity index (χ1n) is 4.18. The van der Waals surface area contributed by atoms with Crippen LogP contribution >= 0.6 is 0 Å². The zero-order chi connectivity index (χ0) is 10.3. The molecule has 1 unspecified atom stereocenters. The summed E-state index contributed by atoms with van der Waals surface area (Å²) in [5, 5.41) is 8.43. The molecule has 0 radical (unpaired) electrons. The fourth-order valence-electron chi connectivity index (χ4n) is 0.858. The Morgan fingerprint density at radius 2 is 2.38 bits per heavy atom. The number of carbonyl (C=O) groups excluding carboxylic acids is 1. The summed E-state index contributed by atoms with van der Waals surface area (Å²) in [7, 11) is 1.88. The van der Waals surface area contributed by atoms with Crippen LogP contribution in [0, 0.1) is 11.3 Å². The Labute approximate surface area is 78.5 Å². The molecular weight excluding hydrogens is 168 g/mol. The molecular formula is C8H16N4O. The summed E-state index contributed by atoms with van der Waals surface area (Å²) in [6, 6.07) is 2.26. The minimum absolute atomic E-state index is 0.176. The average Bonchev–Trinajstić information content (AvgIpc) is 2.13. The maximum Gasteiger partial charge on any atom is 0.235 e. The second-order valence-corrected chi connectivity index (χ2v) is 3.01. The number of amides is 1. The highest BCUT2D eigenvalue weighted by molar-refractivity contribution is 5.75. The van der Waals surface area contributed by atoms with Gasteiger partial charge in [0.05, 0.1) is 12.5 Å². The van der Waals surface area contributed by atoms with Gasteiger partial charge in [-0.25, -0.2) is 5.84 Å². The van der Waals surface area contributed by atoms with Gasteiger partial charge in [-0.2, -0.15) is 5.26 Å². The van der Waals surface area contributed by atoms with Gasteiger partial charge in [0.2, 0.25) is 5.91 Å². The quantitative estimate of drug-likeness (QED) is 0.346. The molecule has 74 valence electrons. The molecule has 0 aromatic heterocycles. The van der Waals surface area contributed by atoms with Gasteiger partial charge in [-0.15, -0.1) is 0 Å². The Hall–Kier alpha value is -1.12. The Bertz CT molecular complexity index is 199. The third-order valence-corrected chi connectivity index (χ3v) is 1.99. The van der Waals surface area contributed by atoms with E-state index in [0.29, 0.717) is 19.4 Å². The van der Waals surface area contributed by atoms with Crippen LogP contribution in [-0.4, -0.2) is 30.4 Å². The predicted octanol–water partition coefficient (Wildman–Crippen LogP) is -0.400. The molecule has 0 aromatic rings. The van der Waals surface area contributed by atoms with E-state index in [9.17, 15) is 4.79 Å². The highest BCUT2D eigenvalue weighted by Crippen LogP contribution is 2.00. The largest absolute Gasteiger partial charge is 0.302 e. The second-order valence-electron chi connectivity index (χ2n) is 3.01. The van der Waals surface area contributed by atoms with Gasteiger partial charge in [0.1, 0.15) is 0 Å². The Balaban J connectivity index is 3.68. The van der Waals surface area contributed by atoms with E-state index in [1.165, 1.54) is 0 Å². The fraction of sp³-hybridized carbons (Fsp3) is 0.750. The van der Waals surface area contributed by atoms with Crippen LogP contribution in [0.4, 0.5) is 0 Å². The van der Waals surface area contributed by atoms with Gasteiger partial charge in [0.15, 0.2) is 0 Å². The van der Waals surface area contributed by atoms with Crippen LogP contribution in [0.5, 0.6) is 0 Å². The van der Waals surface area contributed by atoms with Crippen molar-refractivity contribution < 1.29 is 4.79 Å². The summed E-state index contributed by atoms with van der Waals surface area (Å²) in [5.74, 6) is 4.74. The first-order chi connectivity index (χ1) is 6.11.